The Kier molecular flexibility index (Phi) is 6.73. The molecule has 1 aliphatic heterocycles. The van der Waals surface area contributed by atoms with Crippen LogP contribution in [0.3, 0.4) is 0 Å². The molecule has 0 aliphatic carbocycles. The summed E-state index contributed by atoms with van der Waals surface area (Å²) in [7, 11) is 1.51. The normalized spacial score (nSPS) is 15.5. The maximum atomic E-state index is 15.4. The molecule has 184 valence electrons. The number of aryl methyl sites for hydroxylation is 1. The third-order valence-corrected chi connectivity index (χ3v) is 6.36. The van der Waals surface area contributed by atoms with E-state index in [4.69, 9.17) is 4.74 Å². The first-order chi connectivity index (χ1) is 17.5. The monoisotopic (exact) mass is 486 g/mol. The highest BCUT2D eigenvalue weighted by Gasteiger charge is 2.31. The zero-order chi connectivity index (χ0) is 25.1. The van der Waals surface area contributed by atoms with Crippen LogP contribution in [0.4, 0.5) is 21.8 Å². The van der Waals surface area contributed by atoms with Crippen molar-refractivity contribution >= 4 is 34.1 Å². The smallest absolute Gasteiger partial charge is 0.262 e. The van der Waals surface area contributed by atoms with Crippen molar-refractivity contribution in [2.24, 2.45) is 0 Å². The van der Waals surface area contributed by atoms with E-state index in [0.717, 1.165) is 35.7 Å². The number of carbonyl (C=O) groups is 1. The molecule has 0 spiro atoms. The van der Waals surface area contributed by atoms with Gasteiger partial charge >= 0.3 is 0 Å². The SMILES string of the molecule is COc1ccnc(Nc2ccc(C(=O)N(c3nccc4cccc(C)c34)[C@@H]3CCCNC3)c(F)c2)n1. The van der Waals surface area contributed by atoms with E-state index in [1.807, 2.05) is 31.2 Å². The summed E-state index contributed by atoms with van der Waals surface area (Å²) in [5.41, 5.74) is 1.41. The van der Waals surface area contributed by atoms with Crippen molar-refractivity contribution in [3.05, 3.63) is 77.9 Å². The Labute approximate surface area is 208 Å². The summed E-state index contributed by atoms with van der Waals surface area (Å²) in [6.07, 6.45) is 4.96. The molecule has 1 fully saturated rings. The molecule has 5 rings (SSSR count). The summed E-state index contributed by atoms with van der Waals surface area (Å²) in [5.74, 6) is 0.135. The molecule has 36 heavy (non-hydrogen) atoms. The number of ether oxygens (including phenoxy) is 1. The number of benzene rings is 2. The fourth-order valence-corrected chi connectivity index (χ4v) is 4.60. The van der Waals surface area contributed by atoms with Gasteiger partial charge in [0.15, 0.2) is 0 Å². The number of piperidine rings is 1. The summed E-state index contributed by atoms with van der Waals surface area (Å²) in [6, 6.07) is 13.8. The molecule has 1 aliphatic rings. The molecule has 2 N–H and O–H groups in total. The number of rotatable bonds is 6. The van der Waals surface area contributed by atoms with Crippen LogP contribution < -0.4 is 20.3 Å². The molecule has 0 radical (unpaired) electrons. The van der Waals surface area contributed by atoms with Crippen LogP contribution in [0.15, 0.2) is 60.9 Å². The van der Waals surface area contributed by atoms with E-state index >= 15 is 4.39 Å². The van der Waals surface area contributed by atoms with Crippen LogP contribution in [0, 0.1) is 12.7 Å². The molecule has 1 amide bonds. The lowest BCUT2D eigenvalue weighted by molar-refractivity contribution is 0.0968. The Morgan fingerprint density at radius 2 is 2.03 bits per heavy atom. The molecule has 9 heteroatoms. The Bertz CT molecular complexity index is 1400. The molecule has 0 saturated carbocycles. The van der Waals surface area contributed by atoms with Crippen LogP contribution in [0.25, 0.3) is 10.8 Å². The second kappa shape index (κ2) is 10.2. The number of hydrogen-bond acceptors (Lipinski definition) is 7. The lowest BCUT2D eigenvalue weighted by Crippen LogP contribution is -2.49. The van der Waals surface area contributed by atoms with Crippen LogP contribution in [-0.4, -0.2) is 47.1 Å². The van der Waals surface area contributed by atoms with E-state index in [-0.39, 0.29) is 17.6 Å². The van der Waals surface area contributed by atoms with Gasteiger partial charge in [-0.25, -0.2) is 14.4 Å². The van der Waals surface area contributed by atoms with Gasteiger partial charge in [-0.1, -0.05) is 18.2 Å². The predicted octanol–water partition coefficient (Wildman–Crippen LogP) is 4.62. The van der Waals surface area contributed by atoms with Gasteiger partial charge in [0.1, 0.15) is 11.6 Å². The number of hydrogen-bond donors (Lipinski definition) is 2. The van der Waals surface area contributed by atoms with Crippen molar-refractivity contribution < 1.29 is 13.9 Å². The summed E-state index contributed by atoms with van der Waals surface area (Å²) in [6.45, 7) is 3.50. The van der Waals surface area contributed by atoms with Gasteiger partial charge in [-0.05, 0) is 61.5 Å². The Morgan fingerprint density at radius 3 is 2.81 bits per heavy atom. The number of nitrogens with one attached hydrogen (secondary N) is 2. The van der Waals surface area contributed by atoms with Crippen LogP contribution in [0.2, 0.25) is 0 Å². The molecule has 8 nitrogen and oxygen atoms in total. The average Bonchev–Trinajstić information content (AvgIpc) is 2.90. The van der Waals surface area contributed by atoms with Crippen LogP contribution in [0.5, 0.6) is 5.88 Å². The van der Waals surface area contributed by atoms with Gasteiger partial charge in [0, 0.05) is 36.1 Å². The summed E-state index contributed by atoms with van der Waals surface area (Å²) < 4.78 is 20.5. The number of nitrogens with zero attached hydrogens (tertiary/aromatic N) is 4. The Hall–Kier alpha value is -4.11. The molecular weight excluding hydrogens is 459 g/mol. The Balaban J connectivity index is 1.52. The molecule has 3 heterocycles. The highest BCUT2D eigenvalue weighted by atomic mass is 19.1. The minimum absolute atomic E-state index is 0.0231. The van der Waals surface area contributed by atoms with E-state index in [0.29, 0.717) is 23.9 Å². The van der Waals surface area contributed by atoms with Gasteiger partial charge in [-0.2, -0.15) is 4.98 Å². The third-order valence-electron chi connectivity index (χ3n) is 6.36. The minimum Gasteiger partial charge on any atom is -0.481 e. The average molecular weight is 487 g/mol. The number of methoxy groups -OCH3 is 1. The van der Waals surface area contributed by atoms with Gasteiger partial charge in [-0.15, -0.1) is 0 Å². The number of fused-ring (bicyclic) bond motifs is 1. The lowest BCUT2D eigenvalue weighted by atomic mass is 10.0. The second-order valence-corrected chi connectivity index (χ2v) is 8.73. The fourth-order valence-electron chi connectivity index (χ4n) is 4.60. The second-order valence-electron chi connectivity index (χ2n) is 8.73. The summed E-state index contributed by atoms with van der Waals surface area (Å²) in [5, 5.41) is 8.20. The van der Waals surface area contributed by atoms with Gasteiger partial charge in [0.25, 0.3) is 5.91 Å². The van der Waals surface area contributed by atoms with E-state index in [2.05, 4.69) is 25.6 Å². The maximum Gasteiger partial charge on any atom is 0.262 e. The molecule has 2 aromatic heterocycles. The number of carbonyl (C=O) groups excluding carboxylic acids is 1. The zero-order valence-electron chi connectivity index (χ0n) is 20.2. The first-order valence-electron chi connectivity index (χ1n) is 11.9. The van der Waals surface area contributed by atoms with E-state index < -0.39 is 11.7 Å². The van der Waals surface area contributed by atoms with E-state index in [1.54, 1.807) is 23.2 Å². The van der Waals surface area contributed by atoms with Crippen LogP contribution >= 0.6 is 0 Å². The highest BCUT2D eigenvalue weighted by molar-refractivity contribution is 6.11. The molecule has 2 aromatic carbocycles. The highest BCUT2D eigenvalue weighted by Crippen LogP contribution is 2.32. The van der Waals surface area contributed by atoms with Crippen molar-refractivity contribution in [3.63, 3.8) is 0 Å². The lowest BCUT2D eigenvalue weighted by Gasteiger charge is -2.35. The third kappa shape index (κ3) is 4.70. The molecule has 1 atom stereocenters. The van der Waals surface area contributed by atoms with Gasteiger partial charge in [0.2, 0.25) is 11.8 Å². The van der Waals surface area contributed by atoms with Gasteiger partial charge in [0.05, 0.1) is 18.7 Å². The first kappa shape index (κ1) is 23.6. The van der Waals surface area contributed by atoms with Crippen LogP contribution in [-0.2, 0) is 0 Å². The standard InChI is InChI=1S/C27H27FN6O2/c1-17-5-3-6-18-10-13-30-25(24(17)18)34(20-7-4-12-29-16-20)26(35)21-9-8-19(15-22(21)28)32-27-31-14-11-23(33-27)36-2/h3,5-6,8-11,13-15,20,29H,4,7,12,16H2,1-2H3,(H,31,32,33)/t20-/m1/s1. The van der Waals surface area contributed by atoms with E-state index in [9.17, 15) is 4.79 Å². The molecule has 1 saturated heterocycles. The topological polar surface area (TPSA) is 92.3 Å². The van der Waals surface area contributed by atoms with Crippen molar-refractivity contribution in [1.82, 2.24) is 20.3 Å². The summed E-state index contributed by atoms with van der Waals surface area (Å²) in [4.78, 5) is 28.5. The van der Waals surface area contributed by atoms with Gasteiger partial charge < -0.3 is 15.4 Å². The Morgan fingerprint density at radius 1 is 1.17 bits per heavy atom. The number of anilines is 3. The number of halogens is 1. The van der Waals surface area contributed by atoms with Crippen LogP contribution in [0.1, 0.15) is 28.8 Å². The fraction of sp³-hybridized carbons (Fsp3) is 0.259. The minimum atomic E-state index is -0.640. The summed E-state index contributed by atoms with van der Waals surface area (Å²) >= 11 is 0. The molecular formula is C27H27FN6O2. The van der Waals surface area contributed by atoms with Crippen molar-refractivity contribution in [2.45, 2.75) is 25.8 Å². The number of aromatic nitrogens is 3. The first-order valence-corrected chi connectivity index (χ1v) is 11.9. The van der Waals surface area contributed by atoms with Crippen molar-refractivity contribution in [3.8, 4) is 5.88 Å². The predicted molar refractivity (Wildman–Crippen MR) is 137 cm³/mol. The van der Waals surface area contributed by atoms with Crippen molar-refractivity contribution in [2.75, 3.05) is 30.4 Å². The molecule has 4 aromatic rings. The van der Waals surface area contributed by atoms with E-state index in [1.165, 1.54) is 25.4 Å². The number of amides is 1. The molecule has 0 unspecified atom stereocenters. The zero-order valence-corrected chi connectivity index (χ0v) is 20.2. The quantitative estimate of drug-likeness (QED) is 0.411. The molecule has 0 bridgehead atoms. The number of pyridine rings is 1. The van der Waals surface area contributed by atoms with Gasteiger partial charge in [-0.3, -0.25) is 9.69 Å². The maximum absolute atomic E-state index is 15.4. The largest absolute Gasteiger partial charge is 0.481 e. The van der Waals surface area contributed by atoms with Crippen molar-refractivity contribution in [1.29, 1.82) is 0 Å².